The number of nitrogens with zero attached hydrogens (tertiary/aromatic N) is 4. The summed E-state index contributed by atoms with van der Waals surface area (Å²) in [5.41, 5.74) is 0.648. The average molecular weight is 555 g/mol. The number of pyridine rings is 2. The Hall–Kier alpha value is -3.74. The lowest BCUT2D eigenvalue weighted by Gasteiger charge is -2.61. The largest absolute Gasteiger partial charge is 0.480 e. The first-order chi connectivity index (χ1) is 19.2. The van der Waals surface area contributed by atoms with E-state index >= 15 is 0 Å². The summed E-state index contributed by atoms with van der Waals surface area (Å²) in [5.74, 6) is -3.56. The Bertz CT molecular complexity index is 1170. The molecule has 4 heterocycles. The van der Waals surface area contributed by atoms with Gasteiger partial charge in [0.25, 0.3) is 0 Å². The van der Waals surface area contributed by atoms with E-state index in [1.165, 1.54) is 14.2 Å². The first-order valence-electron chi connectivity index (χ1n) is 13.2. The van der Waals surface area contributed by atoms with Crippen LogP contribution in [0.5, 0.6) is 0 Å². The van der Waals surface area contributed by atoms with E-state index in [-0.39, 0.29) is 19.5 Å². The number of aliphatic carboxylic acids is 1. The number of aromatic nitrogens is 2. The normalized spacial score (nSPS) is 27.6. The number of ketones is 1. The summed E-state index contributed by atoms with van der Waals surface area (Å²) in [6, 6.07) is 7.21. The highest BCUT2D eigenvalue weighted by atomic mass is 16.5. The number of carbonyl (C=O) groups is 4. The Kier molecular flexibility index (Phi) is 8.62. The Morgan fingerprint density at radius 3 is 1.85 bits per heavy atom. The molecule has 0 amide bonds. The summed E-state index contributed by atoms with van der Waals surface area (Å²) in [6.45, 7) is 0.0789. The number of hydrogen-bond acceptors (Lipinski definition) is 10. The Balaban J connectivity index is 2.05. The predicted molar refractivity (Wildman–Crippen MR) is 140 cm³/mol. The molecule has 2 aliphatic rings. The zero-order chi connectivity index (χ0) is 29.1. The van der Waals surface area contributed by atoms with Gasteiger partial charge in [0.15, 0.2) is 16.6 Å². The summed E-state index contributed by atoms with van der Waals surface area (Å²) in [5, 5.41) is 10.3. The van der Waals surface area contributed by atoms with Crippen LogP contribution in [0.2, 0.25) is 0 Å². The number of esters is 2. The summed E-state index contributed by atoms with van der Waals surface area (Å²) in [6.07, 6.45) is 4.61. The number of fused-ring (bicyclic) bond motifs is 2. The molecule has 4 rings (SSSR count). The highest BCUT2D eigenvalue weighted by molar-refractivity contribution is 6.17. The number of carboxylic acid groups (broad SMARTS) is 1. The number of rotatable bonds is 10. The van der Waals surface area contributed by atoms with Crippen molar-refractivity contribution in [3.05, 3.63) is 60.2 Å². The van der Waals surface area contributed by atoms with Crippen LogP contribution in [-0.2, 0) is 28.7 Å². The number of piperidine rings is 2. The number of unbranched alkanes of at least 4 members (excludes halogenated alkanes) is 1. The number of carbonyl (C=O) groups excluding carboxylic acids is 3. The van der Waals surface area contributed by atoms with Gasteiger partial charge in [-0.05, 0) is 50.6 Å². The van der Waals surface area contributed by atoms with Crippen molar-refractivity contribution in [1.29, 1.82) is 0 Å². The van der Waals surface area contributed by atoms with Gasteiger partial charge in [0, 0.05) is 25.5 Å². The van der Waals surface area contributed by atoms with Crippen LogP contribution in [0.1, 0.15) is 42.7 Å². The number of Topliss-reactive ketones (excluding diaryl/α,β-unsaturated/α-hetero) is 1. The van der Waals surface area contributed by atoms with Crippen molar-refractivity contribution < 1.29 is 39.5 Å². The number of ether oxygens (including phenoxy) is 2. The van der Waals surface area contributed by atoms with Crippen LogP contribution in [0.15, 0.2) is 48.8 Å². The molecule has 5 atom stereocenters. The maximum Gasteiger partial charge on any atom is 0.322 e. The minimum absolute atomic E-state index is 0.242. The van der Waals surface area contributed by atoms with E-state index in [1.54, 1.807) is 65.6 Å². The topological polar surface area (TPSA) is 167 Å². The van der Waals surface area contributed by atoms with Gasteiger partial charge in [-0.3, -0.25) is 38.9 Å². The molecule has 0 saturated carbocycles. The van der Waals surface area contributed by atoms with Crippen LogP contribution >= 0.6 is 0 Å². The van der Waals surface area contributed by atoms with Crippen LogP contribution in [0.3, 0.4) is 0 Å². The molecule has 2 fully saturated rings. The standard InChI is InChI=1S/C28H35N5O7/c1-32-21(18-10-5-8-14-30-18)27(25(37)39-2)16-33(20(23(34)35)12-4-7-13-29)17-28(24(27)36,26(38)40-3)22(32)19-11-6-9-15-31-19/h5-6,8-11,14-15,20-22H,4,7,12-13,16-17,29H2,1-3H3,(H,34,35)/p+1/t20-,21-,22+,27?,28?/m0/s1. The zero-order valence-electron chi connectivity index (χ0n) is 23.0. The summed E-state index contributed by atoms with van der Waals surface area (Å²) in [7, 11) is 4.05. The highest BCUT2D eigenvalue weighted by Gasteiger charge is 2.75. The second-order valence-electron chi connectivity index (χ2n) is 10.3. The van der Waals surface area contributed by atoms with Gasteiger partial charge in [-0.15, -0.1) is 0 Å². The number of likely N-dealkylation sites (tertiary alicyclic amines) is 2. The molecule has 2 aliphatic heterocycles. The molecule has 2 aromatic rings. The van der Waals surface area contributed by atoms with Gasteiger partial charge in [-0.2, -0.15) is 0 Å². The number of carboxylic acids is 1. The Morgan fingerprint density at radius 1 is 0.975 bits per heavy atom. The molecule has 40 heavy (non-hydrogen) atoms. The van der Waals surface area contributed by atoms with Gasteiger partial charge in [0.05, 0.1) is 44.2 Å². The van der Waals surface area contributed by atoms with Gasteiger partial charge in [-0.1, -0.05) is 12.1 Å². The lowest BCUT2D eigenvalue weighted by atomic mass is 9.54. The molecule has 4 N–H and O–H groups in total. The van der Waals surface area contributed by atoms with Gasteiger partial charge in [0.1, 0.15) is 6.04 Å². The van der Waals surface area contributed by atoms with Crippen LogP contribution in [0, 0.1) is 10.8 Å². The van der Waals surface area contributed by atoms with E-state index in [0.29, 0.717) is 30.8 Å². The maximum absolute atomic E-state index is 14.9. The Morgan fingerprint density at radius 2 is 1.48 bits per heavy atom. The minimum atomic E-state index is -1.99. The summed E-state index contributed by atoms with van der Waals surface area (Å²) >= 11 is 0. The number of methoxy groups -OCH3 is 2. The van der Waals surface area contributed by atoms with Crippen molar-refractivity contribution in [2.45, 2.75) is 37.4 Å². The first kappa shape index (κ1) is 29.2. The smallest absolute Gasteiger partial charge is 0.322 e. The SMILES string of the molecule is COC(=O)C12CN([C@@H](CCCC[NH3+])C(=O)O)CC(C(=O)OC)(C1=O)[C@@H](c1ccccn1)N(C)[C@H]2c1ccccn1. The lowest BCUT2D eigenvalue weighted by Crippen LogP contribution is -2.76. The molecule has 0 spiro atoms. The zero-order valence-corrected chi connectivity index (χ0v) is 23.0. The molecule has 0 aromatic carbocycles. The van der Waals surface area contributed by atoms with Crippen molar-refractivity contribution in [2.24, 2.45) is 10.8 Å². The second-order valence-corrected chi connectivity index (χ2v) is 10.3. The fraction of sp³-hybridized carbons (Fsp3) is 0.500. The highest BCUT2D eigenvalue weighted by Crippen LogP contribution is 2.60. The molecule has 214 valence electrons. The molecular weight excluding hydrogens is 518 g/mol. The van der Waals surface area contributed by atoms with Crippen molar-refractivity contribution in [2.75, 3.05) is 40.9 Å². The van der Waals surface area contributed by atoms with Crippen molar-refractivity contribution in [1.82, 2.24) is 19.8 Å². The molecular formula is C28H36N5O7+. The van der Waals surface area contributed by atoms with E-state index < -0.39 is 52.6 Å². The lowest BCUT2D eigenvalue weighted by molar-refractivity contribution is -0.368. The molecule has 12 nitrogen and oxygen atoms in total. The fourth-order valence-electron chi connectivity index (χ4n) is 6.60. The molecule has 0 radical (unpaired) electrons. The molecule has 2 saturated heterocycles. The fourth-order valence-corrected chi connectivity index (χ4v) is 6.60. The van der Waals surface area contributed by atoms with Crippen LogP contribution in [0.4, 0.5) is 0 Å². The van der Waals surface area contributed by atoms with Gasteiger partial charge < -0.3 is 20.3 Å². The van der Waals surface area contributed by atoms with E-state index in [9.17, 15) is 24.3 Å². The summed E-state index contributed by atoms with van der Waals surface area (Å²) < 4.78 is 10.5. The van der Waals surface area contributed by atoms with E-state index in [2.05, 4.69) is 15.7 Å². The quantitative estimate of drug-likeness (QED) is 0.235. The minimum Gasteiger partial charge on any atom is -0.480 e. The molecule has 2 bridgehead atoms. The third-order valence-electron chi connectivity index (χ3n) is 8.20. The van der Waals surface area contributed by atoms with E-state index in [0.717, 1.165) is 0 Å². The molecule has 2 aromatic heterocycles. The van der Waals surface area contributed by atoms with Crippen molar-refractivity contribution >= 4 is 23.7 Å². The molecule has 0 aliphatic carbocycles. The Labute approximate surface area is 232 Å². The van der Waals surface area contributed by atoms with Gasteiger partial charge in [-0.25, -0.2) is 0 Å². The van der Waals surface area contributed by atoms with E-state index in [1.807, 2.05) is 0 Å². The second kappa shape index (κ2) is 11.8. The van der Waals surface area contributed by atoms with Crippen LogP contribution < -0.4 is 5.73 Å². The first-order valence-corrected chi connectivity index (χ1v) is 13.2. The third kappa shape index (κ3) is 4.55. The van der Waals surface area contributed by atoms with Crippen molar-refractivity contribution in [3.63, 3.8) is 0 Å². The maximum atomic E-state index is 14.9. The molecule has 12 heteroatoms. The van der Waals surface area contributed by atoms with E-state index in [4.69, 9.17) is 9.47 Å². The number of quaternary nitrogens is 1. The average Bonchev–Trinajstić information content (AvgIpc) is 2.96. The summed E-state index contributed by atoms with van der Waals surface area (Å²) in [4.78, 5) is 67.6. The van der Waals surface area contributed by atoms with Crippen LogP contribution in [0.25, 0.3) is 0 Å². The number of hydrogen-bond donors (Lipinski definition) is 2. The monoisotopic (exact) mass is 554 g/mol. The molecule has 2 unspecified atom stereocenters. The van der Waals surface area contributed by atoms with Gasteiger partial charge >= 0.3 is 17.9 Å². The van der Waals surface area contributed by atoms with Crippen LogP contribution in [-0.4, -0.2) is 95.5 Å². The van der Waals surface area contributed by atoms with Gasteiger partial charge in [0.2, 0.25) is 0 Å². The van der Waals surface area contributed by atoms with Crippen molar-refractivity contribution in [3.8, 4) is 0 Å². The predicted octanol–water partition coefficient (Wildman–Crippen LogP) is 0.273. The third-order valence-corrected chi connectivity index (χ3v) is 8.20.